The predicted octanol–water partition coefficient (Wildman–Crippen LogP) is 3.72. The first kappa shape index (κ1) is 22.6. The molecule has 2 N–H and O–H groups in total. The number of fused-ring (bicyclic) bond motifs is 1. The van der Waals surface area contributed by atoms with E-state index in [4.69, 9.17) is 21.1 Å². The van der Waals surface area contributed by atoms with E-state index in [-0.39, 0.29) is 24.3 Å². The number of benzene rings is 2. The van der Waals surface area contributed by atoms with Crippen LogP contribution in [0.25, 0.3) is 10.9 Å². The smallest absolute Gasteiger partial charge is 0.410 e. The van der Waals surface area contributed by atoms with E-state index < -0.39 is 0 Å². The van der Waals surface area contributed by atoms with Gasteiger partial charge >= 0.3 is 6.09 Å². The van der Waals surface area contributed by atoms with E-state index in [0.29, 0.717) is 58.8 Å². The fourth-order valence-corrected chi connectivity index (χ4v) is 4.17. The highest BCUT2D eigenvalue weighted by Crippen LogP contribution is 2.34. The molecule has 2 aromatic carbocycles. The molecule has 1 fully saturated rings. The van der Waals surface area contributed by atoms with Gasteiger partial charge in [-0.15, -0.1) is 0 Å². The van der Waals surface area contributed by atoms with E-state index in [2.05, 4.69) is 31.2 Å². The largest absolute Gasteiger partial charge is 0.493 e. The molecule has 2 heterocycles. The van der Waals surface area contributed by atoms with Crippen LogP contribution in [0.5, 0.6) is 5.75 Å². The van der Waals surface area contributed by atoms with Gasteiger partial charge in [-0.1, -0.05) is 41.9 Å². The SMILES string of the molecule is O=C(OCc1ccccc1)N1CCN[C@H](CCOc2cc(Br)c(Cl)c3nc[nH]c(=O)c23)C1. The average molecular weight is 522 g/mol. The Morgan fingerprint density at radius 3 is 2.94 bits per heavy atom. The summed E-state index contributed by atoms with van der Waals surface area (Å²) in [7, 11) is 0. The van der Waals surface area contributed by atoms with Gasteiger partial charge in [0, 0.05) is 30.1 Å². The van der Waals surface area contributed by atoms with Crippen LogP contribution >= 0.6 is 27.5 Å². The Hall–Kier alpha value is -2.62. The van der Waals surface area contributed by atoms with Gasteiger partial charge < -0.3 is 24.7 Å². The molecule has 0 unspecified atom stereocenters. The van der Waals surface area contributed by atoms with Crippen molar-refractivity contribution < 1.29 is 14.3 Å². The summed E-state index contributed by atoms with van der Waals surface area (Å²) in [5, 5.41) is 4.06. The van der Waals surface area contributed by atoms with Crippen LogP contribution in [0, 0.1) is 0 Å². The molecule has 168 valence electrons. The third-order valence-corrected chi connectivity index (χ3v) is 6.45. The summed E-state index contributed by atoms with van der Waals surface area (Å²) in [4.78, 5) is 33.2. The van der Waals surface area contributed by atoms with Crippen molar-refractivity contribution in [3.8, 4) is 5.75 Å². The molecular weight excluding hydrogens is 500 g/mol. The summed E-state index contributed by atoms with van der Waals surface area (Å²) < 4.78 is 12.0. The third kappa shape index (κ3) is 5.23. The lowest BCUT2D eigenvalue weighted by Crippen LogP contribution is -2.53. The van der Waals surface area contributed by atoms with Crippen molar-refractivity contribution in [2.75, 3.05) is 26.2 Å². The van der Waals surface area contributed by atoms with Crippen LogP contribution in [-0.4, -0.2) is 53.2 Å². The number of aromatic nitrogens is 2. The van der Waals surface area contributed by atoms with Gasteiger partial charge in [0.05, 0.1) is 18.0 Å². The number of nitrogens with zero attached hydrogens (tertiary/aromatic N) is 2. The van der Waals surface area contributed by atoms with Gasteiger partial charge in [-0.2, -0.15) is 0 Å². The predicted molar refractivity (Wildman–Crippen MR) is 125 cm³/mol. The van der Waals surface area contributed by atoms with E-state index in [0.717, 1.165) is 5.56 Å². The number of nitrogens with one attached hydrogen (secondary N) is 2. The molecule has 0 radical (unpaired) electrons. The molecule has 0 spiro atoms. The molecule has 0 bridgehead atoms. The van der Waals surface area contributed by atoms with E-state index in [1.54, 1.807) is 11.0 Å². The van der Waals surface area contributed by atoms with E-state index in [9.17, 15) is 9.59 Å². The summed E-state index contributed by atoms with van der Waals surface area (Å²) in [6, 6.07) is 11.3. The minimum absolute atomic E-state index is 0.0476. The van der Waals surface area contributed by atoms with Crippen molar-refractivity contribution in [1.82, 2.24) is 20.2 Å². The highest BCUT2D eigenvalue weighted by Gasteiger charge is 2.24. The lowest BCUT2D eigenvalue weighted by molar-refractivity contribution is 0.0827. The number of carbonyl (C=O) groups excluding carboxylic acids is 1. The molecule has 1 aliphatic rings. The highest BCUT2D eigenvalue weighted by molar-refractivity contribution is 9.10. The first-order chi connectivity index (χ1) is 15.5. The summed E-state index contributed by atoms with van der Waals surface area (Å²) in [5.41, 5.74) is 1.01. The molecule has 1 aliphatic heterocycles. The molecule has 10 heteroatoms. The first-order valence-corrected chi connectivity index (χ1v) is 11.4. The van der Waals surface area contributed by atoms with Crippen LogP contribution in [0.4, 0.5) is 4.79 Å². The van der Waals surface area contributed by atoms with Gasteiger partial charge in [-0.05, 0) is 34.0 Å². The summed E-state index contributed by atoms with van der Waals surface area (Å²) in [6.45, 7) is 2.37. The van der Waals surface area contributed by atoms with Gasteiger partial charge in [0.1, 0.15) is 23.3 Å². The Balaban J connectivity index is 1.33. The zero-order chi connectivity index (χ0) is 22.5. The number of ether oxygens (including phenoxy) is 2. The zero-order valence-electron chi connectivity index (χ0n) is 17.1. The minimum atomic E-state index is -0.327. The minimum Gasteiger partial charge on any atom is -0.493 e. The summed E-state index contributed by atoms with van der Waals surface area (Å²) >= 11 is 9.64. The van der Waals surface area contributed by atoms with Crippen molar-refractivity contribution in [3.63, 3.8) is 0 Å². The molecule has 0 aliphatic carbocycles. The number of amides is 1. The molecule has 3 aromatic rings. The van der Waals surface area contributed by atoms with E-state index in [1.807, 2.05) is 30.3 Å². The molecule has 4 rings (SSSR count). The van der Waals surface area contributed by atoms with Gasteiger partial charge in [0.25, 0.3) is 5.56 Å². The Bertz CT molecular complexity index is 1160. The van der Waals surface area contributed by atoms with Crippen molar-refractivity contribution in [2.24, 2.45) is 0 Å². The number of carbonyl (C=O) groups is 1. The van der Waals surface area contributed by atoms with Gasteiger partial charge in [-0.3, -0.25) is 4.79 Å². The molecule has 1 aromatic heterocycles. The quantitative estimate of drug-likeness (QED) is 0.513. The number of hydrogen-bond acceptors (Lipinski definition) is 6. The van der Waals surface area contributed by atoms with Crippen molar-refractivity contribution >= 4 is 44.5 Å². The van der Waals surface area contributed by atoms with Gasteiger partial charge in [0.15, 0.2) is 0 Å². The summed E-state index contributed by atoms with van der Waals surface area (Å²) in [5.74, 6) is 0.403. The van der Waals surface area contributed by atoms with Crippen LogP contribution < -0.4 is 15.6 Å². The Labute approximate surface area is 198 Å². The molecule has 1 atom stereocenters. The van der Waals surface area contributed by atoms with Crippen LogP contribution in [0.2, 0.25) is 5.02 Å². The second kappa shape index (κ2) is 10.3. The molecule has 8 nitrogen and oxygen atoms in total. The second-order valence-electron chi connectivity index (χ2n) is 7.40. The number of aromatic amines is 1. The third-order valence-electron chi connectivity index (χ3n) is 5.22. The van der Waals surface area contributed by atoms with Crippen LogP contribution in [0.15, 0.2) is 52.0 Å². The monoisotopic (exact) mass is 520 g/mol. The molecular formula is C22H22BrClN4O4. The molecule has 1 amide bonds. The van der Waals surface area contributed by atoms with Crippen molar-refractivity contribution in [2.45, 2.75) is 19.1 Å². The molecule has 32 heavy (non-hydrogen) atoms. The fourth-order valence-electron chi connectivity index (χ4n) is 3.58. The Morgan fingerprint density at radius 2 is 2.12 bits per heavy atom. The second-order valence-corrected chi connectivity index (χ2v) is 8.63. The molecule has 1 saturated heterocycles. The zero-order valence-corrected chi connectivity index (χ0v) is 19.5. The fraction of sp³-hybridized carbons (Fsp3) is 0.318. The van der Waals surface area contributed by atoms with Crippen LogP contribution in [0.3, 0.4) is 0 Å². The highest BCUT2D eigenvalue weighted by atomic mass is 79.9. The number of hydrogen-bond donors (Lipinski definition) is 2. The maximum absolute atomic E-state index is 12.4. The average Bonchev–Trinajstić information content (AvgIpc) is 2.81. The normalized spacial score (nSPS) is 16.2. The molecule has 0 saturated carbocycles. The van der Waals surface area contributed by atoms with Crippen molar-refractivity contribution in [1.29, 1.82) is 0 Å². The number of H-pyrrole nitrogens is 1. The van der Waals surface area contributed by atoms with E-state index >= 15 is 0 Å². The maximum Gasteiger partial charge on any atom is 0.410 e. The lowest BCUT2D eigenvalue weighted by atomic mass is 10.1. The Kier molecular flexibility index (Phi) is 7.29. The Morgan fingerprint density at radius 1 is 1.31 bits per heavy atom. The number of halogens is 2. The van der Waals surface area contributed by atoms with Crippen LogP contribution in [-0.2, 0) is 11.3 Å². The van der Waals surface area contributed by atoms with E-state index in [1.165, 1.54) is 6.33 Å². The lowest BCUT2D eigenvalue weighted by Gasteiger charge is -2.33. The number of rotatable bonds is 6. The van der Waals surface area contributed by atoms with Gasteiger partial charge in [-0.25, -0.2) is 9.78 Å². The maximum atomic E-state index is 12.4. The topological polar surface area (TPSA) is 96.5 Å². The first-order valence-electron chi connectivity index (χ1n) is 10.2. The van der Waals surface area contributed by atoms with Gasteiger partial charge in [0.2, 0.25) is 0 Å². The number of piperazine rings is 1. The van der Waals surface area contributed by atoms with Crippen molar-refractivity contribution in [3.05, 3.63) is 68.1 Å². The standard InChI is InChI=1S/C22H22BrClN4O4/c23-16-10-17(18-20(19(16)24)26-13-27-21(18)29)31-9-6-15-11-28(8-7-25-15)22(30)32-12-14-4-2-1-3-5-14/h1-5,10,13,15,25H,6-9,11-12H2,(H,26,27,29)/t15-/m1/s1. The summed E-state index contributed by atoms with van der Waals surface area (Å²) in [6.07, 6.45) is 1.62. The van der Waals surface area contributed by atoms with Crippen LogP contribution in [0.1, 0.15) is 12.0 Å².